The van der Waals surface area contributed by atoms with E-state index in [1.54, 1.807) is 0 Å². The fraction of sp³-hybridized carbons (Fsp3) is 0.312. The van der Waals surface area contributed by atoms with Crippen LogP contribution < -0.4 is 21.3 Å². The van der Waals surface area contributed by atoms with Crippen LogP contribution in [-0.2, 0) is 4.79 Å². The fourth-order valence-electron chi connectivity index (χ4n) is 1.97. The van der Waals surface area contributed by atoms with Gasteiger partial charge in [0.15, 0.2) is 6.61 Å². The predicted octanol–water partition coefficient (Wildman–Crippen LogP) is 1.59. The second-order valence-electron chi connectivity index (χ2n) is 5.20. The van der Waals surface area contributed by atoms with E-state index in [1.165, 1.54) is 5.56 Å². The topological polar surface area (TPSA) is 104 Å². The molecule has 0 saturated carbocycles. The zero-order valence-electron chi connectivity index (χ0n) is 13.0. The van der Waals surface area contributed by atoms with Gasteiger partial charge in [0.2, 0.25) is 0 Å². The summed E-state index contributed by atoms with van der Waals surface area (Å²) < 4.78 is 5.38. The van der Waals surface area contributed by atoms with Crippen molar-refractivity contribution in [3.8, 4) is 5.75 Å². The summed E-state index contributed by atoms with van der Waals surface area (Å²) in [6, 6.07) is 7.55. The van der Waals surface area contributed by atoms with Gasteiger partial charge in [-0.2, -0.15) is 0 Å². The molecule has 0 radical (unpaired) electrons. The van der Waals surface area contributed by atoms with Crippen LogP contribution in [0.5, 0.6) is 5.75 Å². The molecule has 7 heteroatoms. The quantitative estimate of drug-likeness (QED) is 0.752. The maximum absolute atomic E-state index is 11.8. The first-order valence-electron chi connectivity index (χ1n) is 7.34. The van der Waals surface area contributed by atoms with Crippen LogP contribution in [0.2, 0.25) is 0 Å². The Bertz CT molecular complexity index is 777. The second-order valence-corrected chi connectivity index (χ2v) is 5.20. The van der Waals surface area contributed by atoms with Gasteiger partial charge < -0.3 is 15.0 Å². The zero-order chi connectivity index (χ0) is 16.8. The fourth-order valence-corrected chi connectivity index (χ4v) is 1.97. The van der Waals surface area contributed by atoms with Gasteiger partial charge in [0.1, 0.15) is 11.4 Å². The number of carbonyl (C=O) groups excluding carboxylic acids is 1. The number of aromatic amines is 2. The zero-order valence-corrected chi connectivity index (χ0v) is 13.0. The van der Waals surface area contributed by atoms with Gasteiger partial charge in [-0.15, -0.1) is 0 Å². The SMILES string of the molecule is CC[C@H](C)c1ccc(OCC(=O)Nc2c[nH]c(=O)[nH]c2=O)cc1. The first-order valence-corrected chi connectivity index (χ1v) is 7.34. The van der Waals surface area contributed by atoms with Crippen molar-refractivity contribution >= 4 is 11.6 Å². The van der Waals surface area contributed by atoms with Gasteiger partial charge >= 0.3 is 5.69 Å². The average Bonchev–Trinajstić information content (AvgIpc) is 2.55. The molecular formula is C16H19N3O4. The van der Waals surface area contributed by atoms with E-state index in [-0.39, 0.29) is 12.3 Å². The molecule has 0 unspecified atom stereocenters. The lowest BCUT2D eigenvalue weighted by Gasteiger charge is -2.10. The summed E-state index contributed by atoms with van der Waals surface area (Å²) in [6.45, 7) is 4.03. The van der Waals surface area contributed by atoms with Gasteiger partial charge in [-0.25, -0.2) is 4.79 Å². The van der Waals surface area contributed by atoms with Crippen LogP contribution in [0, 0.1) is 0 Å². The lowest BCUT2D eigenvalue weighted by atomic mass is 9.99. The Hall–Kier alpha value is -2.83. The molecule has 3 N–H and O–H groups in total. The third kappa shape index (κ3) is 4.57. The maximum atomic E-state index is 11.8. The molecule has 1 amide bonds. The molecule has 2 aromatic rings. The van der Waals surface area contributed by atoms with Gasteiger partial charge in [-0.05, 0) is 30.0 Å². The first kappa shape index (κ1) is 16.5. The van der Waals surface area contributed by atoms with E-state index >= 15 is 0 Å². The minimum Gasteiger partial charge on any atom is -0.484 e. The summed E-state index contributed by atoms with van der Waals surface area (Å²) in [5, 5.41) is 2.37. The number of amides is 1. The largest absolute Gasteiger partial charge is 0.484 e. The highest BCUT2D eigenvalue weighted by Crippen LogP contribution is 2.21. The molecule has 122 valence electrons. The predicted molar refractivity (Wildman–Crippen MR) is 87.0 cm³/mol. The summed E-state index contributed by atoms with van der Waals surface area (Å²) in [5.41, 5.74) is -0.125. The van der Waals surface area contributed by atoms with Crippen LogP contribution in [-0.4, -0.2) is 22.5 Å². The lowest BCUT2D eigenvalue weighted by molar-refractivity contribution is -0.118. The highest BCUT2D eigenvalue weighted by Gasteiger charge is 2.08. The normalized spacial score (nSPS) is 11.7. The van der Waals surface area contributed by atoms with E-state index < -0.39 is 17.2 Å². The Balaban J connectivity index is 1.91. The number of H-pyrrole nitrogens is 2. The smallest absolute Gasteiger partial charge is 0.325 e. The Morgan fingerprint density at radius 2 is 1.96 bits per heavy atom. The molecular weight excluding hydrogens is 298 g/mol. The van der Waals surface area contributed by atoms with Crippen LogP contribution in [0.4, 0.5) is 5.69 Å². The molecule has 7 nitrogen and oxygen atoms in total. The van der Waals surface area contributed by atoms with E-state index in [0.717, 1.165) is 12.6 Å². The summed E-state index contributed by atoms with van der Waals surface area (Å²) in [5.74, 6) is 0.551. The Morgan fingerprint density at radius 1 is 1.26 bits per heavy atom. The van der Waals surface area contributed by atoms with Gasteiger partial charge in [-0.1, -0.05) is 26.0 Å². The van der Waals surface area contributed by atoms with Crippen molar-refractivity contribution in [1.29, 1.82) is 0 Å². The van der Waals surface area contributed by atoms with E-state index in [1.807, 2.05) is 29.2 Å². The number of rotatable bonds is 6. The molecule has 2 rings (SSSR count). The number of nitrogens with one attached hydrogen (secondary N) is 3. The van der Waals surface area contributed by atoms with Crippen molar-refractivity contribution in [2.75, 3.05) is 11.9 Å². The second kappa shape index (κ2) is 7.44. The van der Waals surface area contributed by atoms with Crippen molar-refractivity contribution in [3.63, 3.8) is 0 Å². The number of hydrogen-bond acceptors (Lipinski definition) is 4. The molecule has 0 spiro atoms. The molecule has 1 aromatic carbocycles. The molecule has 1 heterocycles. The summed E-state index contributed by atoms with van der Waals surface area (Å²) in [4.78, 5) is 38.4. The van der Waals surface area contributed by atoms with Gasteiger partial charge in [0.25, 0.3) is 11.5 Å². The highest BCUT2D eigenvalue weighted by molar-refractivity contribution is 5.91. The molecule has 1 atom stereocenters. The Labute approximate surface area is 132 Å². The highest BCUT2D eigenvalue weighted by atomic mass is 16.5. The third-order valence-electron chi connectivity index (χ3n) is 3.52. The van der Waals surface area contributed by atoms with Crippen molar-refractivity contribution in [1.82, 2.24) is 9.97 Å². The van der Waals surface area contributed by atoms with Gasteiger partial charge in [0.05, 0.1) is 0 Å². The van der Waals surface area contributed by atoms with Crippen molar-refractivity contribution in [2.24, 2.45) is 0 Å². The number of aromatic nitrogens is 2. The number of hydrogen-bond donors (Lipinski definition) is 3. The minimum absolute atomic E-state index is 0.0367. The minimum atomic E-state index is -0.667. The van der Waals surface area contributed by atoms with Crippen molar-refractivity contribution < 1.29 is 9.53 Å². The van der Waals surface area contributed by atoms with E-state index in [4.69, 9.17) is 4.74 Å². The lowest BCUT2D eigenvalue weighted by Crippen LogP contribution is -2.28. The first-order chi connectivity index (χ1) is 11.0. The van der Waals surface area contributed by atoms with Gasteiger partial charge in [-0.3, -0.25) is 14.6 Å². The third-order valence-corrected chi connectivity index (χ3v) is 3.52. The standard InChI is InChI=1S/C16H19N3O4/c1-3-10(2)11-4-6-12(7-5-11)23-9-14(20)18-13-8-17-16(22)19-15(13)21/h4-8,10H,3,9H2,1-2H3,(H,18,20)(H2,17,19,21,22)/t10-/m0/s1. The monoisotopic (exact) mass is 317 g/mol. The summed E-state index contributed by atoms with van der Waals surface area (Å²) in [7, 11) is 0. The number of carbonyl (C=O) groups is 1. The molecule has 23 heavy (non-hydrogen) atoms. The van der Waals surface area contributed by atoms with Crippen LogP contribution >= 0.6 is 0 Å². The van der Waals surface area contributed by atoms with E-state index in [9.17, 15) is 14.4 Å². The summed E-state index contributed by atoms with van der Waals surface area (Å²) in [6.07, 6.45) is 2.19. The Morgan fingerprint density at radius 3 is 2.57 bits per heavy atom. The van der Waals surface area contributed by atoms with Crippen LogP contribution in [0.1, 0.15) is 31.7 Å². The average molecular weight is 317 g/mol. The molecule has 0 aliphatic carbocycles. The number of benzene rings is 1. The van der Waals surface area contributed by atoms with Crippen LogP contribution in [0.25, 0.3) is 0 Å². The Kier molecular flexibility index (Phi) is 5.35. The molecule has 0 aliphatic heterocycles. The van der Waals surface area contributed by atoms with Crippen LogP contribution in [0.15, 0.2) is 40.1 Å². The van der Waals surface area contributed by atoms with Crippen molar-refractivity contribution in [2.45, 2.75) is 26.2 Å². The number of ether oxygens (including phenoxy) is 1. The molecule has 0 bridgehead atoms. The molecule has 0 fully saturated rings. The van der Waals surface area contributed by atoms with E-state index in [0.29, 0.717) is 11.7 Å². The van der Waals surface area contributed by atoms with Crippen LogP contribution in [0.3, 0.4) is 0 Å². The van der Waals surface area contributed by atoms with Crippen molar-refractivity contribution in [3.05, 3.63) is 56.9 Å². The molecule has 0 saturated heterocycles. The molecule has 0 aliphatic rings. The molecule has 1 aromatic heterocycles. The van der Waals surface area contributed by atoms with E-state index in [2.05, 4.69) is 24.1 Å². The van der Waals surface area contributed by atoms with Gasteiger partial charge in [0, 0.05) is 6.20 Å². The summed E-state index contributed by atoms with van der Waals surface area (Å²) >= 11 is 0. The maximum Gasteiger partial charge on any atom is 0.325 e. The number of anilines is 1.